The molecule has 1 aliphatic heterocycles. The van der Waals surface area contributed by atoms with E-state index in [1.807, 2.05) is 18.2 Å². The van der Waals surface area contributed by atoms with Crippen LogP contribution in [0.15, 0.2) is 18.2 Å². The molecule has 1 aliphatic rings. The van der Waals surface area contributed by atoms with E-state index in [1.165, 1.54) is 0 Å². The Kier molecular flexibility index (Phi) is 5.73. The molecule has 19 heavy (non-hydrogen) atoms. The van der Waals surface area contributed by atoms with E-state index in [0.717, 1.165) is 24.3 Å². The highest BCUT2D eigenvalue weighted by atomic mass is 35.5. The fourth-order valence-electron chi connectivity index (χ4n) is 1.95. The molecular weight excluding hydrogens is 287 g/mol. The van der Waals surface area contributed by atoms with Gasteiger partial charge in [-0.3, -0.25) is 0 Å². The van der Waals surface area contributed by atoms with Crippen LogP contribution in [0.4, 0.5) is 5.69 Å². The highest BCUT2D eigenvalue weighted by molar-refractivity contribution is 6.31. The lowest BCUT2D eigenvalue weighted by atomic mass is 10.1. The lowest BCUT2D eigenvalue weighted by Crippen LogP contribution is -2.33. The van der Waals surface area contributed by atoms with Crippen molar-refractivity contribution in [1.82, 2.24) is 5.32 Å². The molecule has 1 aromatic carbocycles. The SMILES string of the molecule is OC(CCl)CNc1ccc(C2CNCCO2)c(Cl)c1. The van der Waals surface area contributed by atoms with Crippen molar-refractivity contribution in [2.45, 2.75) is 12.2 Å². The van der Waals surface area contributed by atoms with Crippen molar-refractivity contribution in [3.8, 4) is 0 Å². The van der Waals surface area contributed by atoms with Crippen molar-refractivity contribution < 1.29 is 9.84 Å². The van der Waals surface area contributed by atoms with Crippen LogP contribution in [0, 0.1) is 0 Å². The van der Waals surface area contributed by atoms with Gasteiger partial charge >= 0.3 is 0 Å². The van der Waals surface area contributed by atoms with Gasteiger partial charge in [0.05, 0.1) is 24.7 Å². The van der Waals surface area contributed by atoms with Gasteiger partial charge in [-0.2, -0.15) is 0 Å². The zero-order valence-corrected chi connectivity index (χ0v) is 12.0. The number of hydrogen-bond donors (Lipinski definition) is 3. The molecular formula is C13H18Cl2N2O2. The van der Waals surface area contributed by atoms with Gasteiger partial charge in [-0.15, -0.1) is 11.6 Å². The maximum Gasteiger partial charge on any atom is 0.0964 e. The fraction of sp³-hybridized carbons (Fsp3) is 0.538. The third-order valence-electron chi connectivity index (χ3n) is 2.99. The van der Waals surface area contributed by atoms with Crippen LogP contribution in [0.25, 0.3) is 0 Å². The Balaban J connectivity index is 2.00. The van der Waals surface area contributed by atoms with Crippen molar-refractivity contribution in [1.29, 1.82) is 0 Å². The van der Waals surface area contributed by atoms with Crippen LogP contribution in [0.5, 0.6) is 0 Å². The summed E-state index contributed by atoms with van der Waals surface area (Å²) in [6, 6.07) is 5.73. The second-order valence-electron chi connectivity index (χ2n) is 4.49. The lowest BCUT2D eigenvalue weighted by Gasteiger charge is -2.25. The van der Waals surface area contributed by atoms with E-state index in [0.29, 0.717) is 18.2 Å². The van der Waals surface area contributed by atoms with Gasteiger partial charge in [0.15, 0.2) is 0 Å². The van der Waals surface area contributed by atoms with E-state index in [2.05, 4.69) is 10.6 Å². The summed E-state index contributed by atoms with van der Waals surface area (Å²) < 4.78 is 5.68. The summed E-state index contributed by atoms with van der Waals surface area (Å²) >= 11 is 11.8. The molecule has 0 amide bonds. The second-order valence-corrected chi connectivity index (χ2v) is 5.20. The summed E-state index contributed by atoms with van der Waals surface area (Å²) in [5, 5.41) is 16.4. The van der Waals surface area contributed by atoms with Crippen molar-refractivity contribution >= 4 is 28.9 Å². The first kappa shape index (κ1) is 14.9. The van der Waals surface area contributed by atoms with Crippen LogP contribution >= 0.6 is 23.2 Å². The number of aliphatic hydroxyl groups excluding tert-OH is 1. The number of aliphatic hydroxyl groups is 1. The quantitative estimate of drug-likeness (QED) is 0.729. The van der Waals surface area contributed by atoms with Gasteiger partial charge in [-0.05, 0) is 12.1 Å². The molecule has 4 nitrogen and oxygen atoms in total. The molecule has 1 saturated heterocycles. The number of rotatable bonds is 5. The zero-order valence-electron chi connectivity index (χ0n) is 10.5. The van der Waals surface area contributed by atoms with Gasteiger partial charge in [0, 0.05) is 35.9 Å². The summed E-state index contributed by atoms with van der Waals surface area (Å²) in [7, 11) is 0. The third-order valence-corrected chi connectivity index (χ3v) is 3.68. The van der Waals surface area contributed by atoms with E-state index in [-0.39, 0.29) is 12.0 Å². The number of morpholine rings is 1. The minimum Gasteiger partial charge on any atom is -0.390 e. The number of ether oxygens (including phenoxy) is 1. The van der Waals surface area contributed by atoms with E-state index in [9.17, 15) is 5.11 Å². The predicted molar refractivity (Wildman–Crippen MR) is 78.2 cm³/mol. The van der Waals surface area contributed by atoms with Crippen molar-refractivity contribution in [3.05, 3.63) is 28.8 Å². The molecule has 106 valence electrons. The molecule has 0 saturated carbocycles. The minimum atomic E-state index is -0.564. The van der Waals surface area contributed by atoms with E-state index in [4.69, 9.17) is 27.9 Å². The maximum atomic E-state index is 9.39. The van der Waals surface area contributed by atoms with Gasteiger partial charge in [0.2, 0.25) is 0 Å². The minimum absolute atomic E-state index is 0.00346. The Morgan fingerprint density at radius 1 is 1.53 bits per heavy atom. The zero-order chi connectivity index (χ0) is 13.7. The summed E-state index contributed by atoms with van der Waals surface area (Å²) in [6.07, 6.45) is -0.560. The predicted octanol–water partition coefficient (Wildman–Crippen LogP) is 2.01. The number of nitrogens with one attached hydrogen (secondary N) is 2. The van der Waals surface area contributed by atoms with E-state index < -0.39 is 6.10 Å². The molecule has 0 spiro atoms. The van der Waals surface area contributed by atoms with Crippen LogP contribution in [0.3, 0.4) is 0 Å². The third kappa shape index (κ3) is 4.23. The van der Waals surface area contributed by atoms with E-state index >= 15 is 0 Å². The normalized spacial score (nSPS) is 21.1. The Morgan fingerprint density at radius 3 is 3.00 bits per heavy atom. The Hall–Kier alpha value is -0.520. The van der Waals surface area contributed by atoms with Crippen LogP contribution in [-0.4, -0.2) is 43.3 Å². The largest absolute Gasteiger partial charge is 0.390 e. The van der Waals surface area contributed by atoms with Crippen LogP contribution in [0.1, 0.15) is 11.7 Å². The van der Waals surface area contributed by atoms with Gasteiger partial charge in [0.1, 0.15) is 0 Å². The number of alkyl halides is 1. The van der Waals surface area contributed by atoms with Gasteiger partial charge < -0.3 is 20.5 Å². The van der Waals surface area contributed by atoms with Crippen molar-refractivity contribution in [2.75, 3.05) is 37.4 Å². The van der Waals surface area contributed by atoms with Crippen molar-refractivity contribution in [3.63, 3.8) is 0 Å². The summed E-state index contributed by atoms with van der Waals surface area (Å²) in [5.41, 5.74) is 1.85. The average molecular weight is 305 g/mol. The number of benzene rings is 1. The second kappa shape index (κ2) is 7.31. The maximum absolute atomic E-state index is 9.39. The highest BCUT2D eigenvalue weighted by Crippen LogP contribution is 2.29. The smallest absolute Gasteiger partial charge is 0.0964 e. The number of hydrogen-bond acceptors (Lipinski definition) is 4. The molecule has 2 rings (SSSR count). The van der Waals surface area contributed by atoms with Crippen molar-refractivity contribution in [2.24, 2.45) is 0 Å². The first-order valence-electron chi connectivity index (χ1n) is 6.30. The molecule has 2 atom stereocenters. The summed E-state index contributed by atoms with van der Waals surface area (Å²) in [6.45, 7) is 2.76. The van der Waals surface area contributed by atoms with Gasteiger partial charge in [0.25, 0.3) is 0 Å². The highest BCUT2D eigenvalue weighted by Gasteiger charge is 2.18. The first-order chi connectivity index (χ1) is 9.20. The molecule has 6 heteroatoms. The Morgan fingerprint density at radius 2 is 2.37 bits per heavy atom. The number of halogens is 2. The standard InChI is InChI=1S/C13H18Cl2N2O2/c14-6-10(18)7-17-9-1-2-11(12(15)5-9)13-8-16-3-4-19-13/h1-2,5,10,13,16-18H,3-4,6-8H2. The summed E-state index contributed by atoms with van der Waals surface area (Å²) in [4.78, 5) is 0. The average Bonchev–Trinajstić information content (AvgIpc) is 2.45. The number of anilines is 1. The summed E-state index contributed by atoms with van der Waals surface area (Å²) in [5.74, 6) is 0.209. The molecule has 3 N–H and O–H groups in total. The van der Waals surface area contributed by atoms with Gasteiger partial charge in [-0.1, -0.05) is 17.7 Å². The Bertz CT molecular complexity index is 412. The monoisotopic (exact) mass is 304 g/mol. The van der Waals surface area contributed by atoms with Gasteiger partial charge in [-0.25, -0.2) is 0 Å². The first-order valence-corrected chi connectivity index (χ1v) is 7.21. The molecule has 1 fully saturated rings. The molecule has 0 aliphatic carbocycles. The van der Waals surface area contributed by atoms with Crippen LogP contribution in [0.2, 0.25) is 5.02 Å². The fourth-order valence-corrected chi connectivity index (χ4v) is 2.36. The molecule has 0 radical (unpaired) electrons. The van der Waals surface area contributed by atoms with Crippen LogP contribution in [-0.2, 0) is 4.74 Å². The lowest BCUT2D eigenvalue weighted by molar-refractivity contribution is 0.0278. The molecule has 1 heterocycles. The molecule has 2 unspecified atom stereocenters. The van der Waals surface area contributed by atoms with Crippen LogP contribution < -0.4 is 10.6 Å². The molecule has 1 aromatic rings. The molecule has 0 bridgehead atoms. The van der Waals surface area contributed by atoms with E-state index in [1.54, 1.807) is 0 Å². The topological polar surface area (TPSA) is 53.5 Å². The molecule has 0 aromatic heterocycles. The Labute approximate surface area is 123 Å².